The van der Waals surface area contributed by atoms with Gasteiger partial charge in [-0.1, -0.05) is 0 Å². The molecule has 1 N–H and O–H groups in total. The first-order valence-electron chi connectivity index (χ1n) is 6.16. The van der Waals surface area contributed by atoms with E-state index in [0.29, 0.717) is 11.5 Å². The molecule has 1 aliphatic heterocycles. The van der Waals surface area contributed by atoms with E-state index < -0.39 is 9.84 Å². The molecule has 0 spiro atoms. The van der Waals surface area contributed by atoms with E-state index >= 15 is 0 Å². The number of benzene rings is 1. The highest BCUT2D eigenvalue weighted by Crippen LogP contribution is 2.38. The smallest absolute Gasteiger partial charge is 0.179 e. The lowest BCUT2D eigenvalue weighted by Gasteiger charge is -2.19. The summed E-state index contributed by atoms with van der Waals surface area (Å²) in [7, 11) is -0.341. The van der Waals surface area contributed by atoms with Crippen LogP contribution in [0.2, 0.25) is 0 Å². The molecule has 106 valence electrons. The zero-order valence-electron chi connectivity index (χ0n) is 11.4. The molecule has 0 bridgehead atoms. The molecule has 1 aliphatic rings. The van der Waals surface area contributed by atoms with Crippen LogP contribution in [0.3, 0.4) is 0 Å². The third kappa shape index (κ3) is 2.84. The molecule has 1 aromatic rings. The zero-order valence-corrected chi connectivity index (χ0v) is 12.2. The van der Waals surface area contributed by atoms with Gasteiger partial charge in [0.1, 0.15) is 16.4 Å². The molecule has 2 rings (SSSR count). The Morgan fingerprint density at radius 2 is 2.00 bits per heavy atom. The molecule has 0 amide bonds. The number of hydrogen-bond donors (Lipinski definition) is 1. The first-order valence-corrected chi connectivity index (χ1v) is 8.06. The maximum Gasteiger partial charge on any atom is 0.179 e. The number of nitrogens with one attached hydrogen (secondary N) is 1. The monoisotopic (exact) mass is 285 g/mol. The summed E-state index contributed by atoms with van der Waals surface area (Å²) in [6.45, 7) is 0.930. The van der Waals surface area contributed by atoms with Crippen LogP contribution in [0.25, 0.3) is 0 Å². The lowest BCUT2D eigenvalue weighted by atomic mass is 10.0. The summed E-state index contributed by atoms with van der Waals surface area (Å²) in [6, 6.07) is 3.47. The molecule has 19 heavy (non-hydrogen) atoms. The second-order valence-corrected chi connectivity index (χ2v) is 6.65. The normalized spacial score (nSPS) is 19.4. The second kappa shape index (κ2) is 5.38. The van der Waals surface area contributed by atoms with Crippen LogP contribution in [0.1, 0.15) is 24.4 Å². The first-order chi connectivity index (χ1) is 8.97. The Morgan fingerprint density at radius 1 is 1.26 bits per heavy atom. The van der Waals surface area contributed by atoms with Crippen LogP contribution in [0.4, 0.5) is 0 Å². The molecule has 0 radical (unpaired) electrons. The number of methoxy groups -OCH3 is 2. The van der Waals surface area contributed by atoms with E-state index in [-0.39, 0.29) is 10.9 Å². The van der Waals surface area contributed by atoms with E-state index in [1.54, 1.807) is 0 Å². The lowest BCUT2D eigenvalue weighted by molar-refractivity contribution is 0.381. The van der Waals surface area contributed by atoms with Crippen LogP contribution in [-0.4, -0.2) is 35.4 Å². The Morgan fingerprint density at radius 3 is 2.47 bits per heavy atom. The van der Waals surface area contributed by atoms with E-state index in [1.807, 2.05) is 6.07 Å². The molecule has 1 heterocycles. The molecular weight excluding hydrogens is 266 g/mol. The van der Waals surface area contributed by atoms with Gasteiger partial charge in [-0.2, -0.15) is 0 Å². The van der Waals surface area contributed by atoms with Gasteiger partial charge in [-0.25, -0.2) is 8.42 Å². The summed E-state index contributed by atoms with van der Waals surface area (Å²) in [5.74, 6) is 0.952. The number of rotatable bonds is 4. The maximum atomic E-state index is 11.9. The summed E-state index contributed by atoms with van der Waals surface area (Å²) in [5.41, 5.74) is 0.847. The van der Waals surface area contributed by atoms with Gasteiger partial charge in [0.05, 0.1) is 14.2 Å². The van der Waals surface area contributed by atoms with E-state index in [9.17, 15) is 8.42 Å². The van der Waals surface area contributed by atoms with Crippen molar-refractivity contribution in [1.29, 1.82) is 0 Å². The molecule has 1 fully saturated rings. The van der Waals surface area contributed by atoms with E-state index in [0.717, 1.165) is 24.9 Å². The predicted molar refractivity (Wildman–Crippen MR) is 72.6 cm³/mol. The van der Waals surface area contributed by atoms with Gasteiger partial charge >= 0.3 is 0 Å². The van der Waals surface area contributed by atoms with Crippen molar-refractivity contribution in [3.63, 3.8) is 0 Å². The minimum Gasteiger partial charge on any atom is -0.497 e. The molecule has 1 aromatic carbocycles. The predicted octanol–water partition coefficient (Wildman–Crippen LogP) is 1.53. The van der Waals surface area contributed by atoms with E-state index in [2.05, 4.69) is 5.32 Å². The van der Waals surface area contributed by atoms with Crippen molar-refractivity contribution in [2.24, 2.45) is 0 Å². The summed E-state index contributed by atoms with van der Waals surface area (Å²) in [6.07, 6.45) is 3.21. The van der Waals surface area contributed by atoms with Gasteiger partial charge in [0.15, 0.2) is 9.84 Å². The zero-order chi connectivity index (χ0) is 14.0. The molecule has 1 atom stereocenters. The fourth-order valence-corrected chi connectivity index (χ4v) is 3.29. The van der Waals surface area contributed by atoms with Gasteiger partial charge in [-0.05, 0) is 25.5 Å². The highest BCUT2D eigenvalue weighted by Gasteiger charge is 2.26. The summed E-state index contributed by atoms with van der Waals surface area (Å²) >= 11 is 0. The Bertz CT molecular complexity index is 562. The number of sulfone groups is 1. The third-order valence-electron chi connectivity index (χ3n) is 3.33. The van der Waals surface area contributed by atoms with Crippen LogP contribution < -0.4 is 14.8 Å². The SMILES string of the molecule is COc1cc(C2CCCN2)c(OC)c(S(C)(=O)=O)c1. The molecule has 6 heteroatoms. The van der Waals surface area contributed by atoms with Crippen molar-refractivity contribution < 1.29 is 17.9 Å². The molecule has 1 saturated heterocycles. The topological polar surface area (TPSA) is 64.6 Å². The highest BCUT2D eigenvalue weighted by atomic mass is 32.2. The Hall–Kier alpha value is -1.27. The van der Waals surface area contributed by atoms with Crippen molar-refractivity contribution in [2.75, 3.05) is 27.0 Å². The van der Waals surface area contributed by atoms with Crippen molar-refractivity contribution in [2.45, 2.75) is 23.8 Å². The minimum absolute atomic E-state index is 0.116. The molecule has 0 aromatic heterocycles. The van der Waals surface area contributed by atoms with Crippen LogP contribution in [0, 0.1) is 0 Å². The molecule has 0 saturated carbocycles. The fraction of sp³-hybridized carbons (Fsp3) is 0.538. The Balaban J connectivity index is 2.63. The van der Waals surface area contributed by atoms with Crippen LogP contribution in [0.5, 0.6) is 11.5 Å². The number of ether oxygens (including phenoxy) is 2. The minimum atomic E-state index is -3.36. The highest BCUT2D eigenvalue weighted by molar-refractivity contribution is 7.90. The van der Waals surface area contributed by atoms with Crippen molar-refractivity contribution in [1.82, 2.24) is 5.32 Å². The lowest BCUT2D eigenvalue weighted by Crippen LogP contribution is -2.15. The van der Waals surface area contributed by atoms with Gasteiger partial charge in [0.25, 0.3) is 0 Å². The van der Waals surface area contributed by atoms with Gasteiger partial charge < -0.3 is 14.8 Å². The summed E-state index contributed by atoms with van der Waals surface area (Å²) < 4.78 is 34.3. The van der Waals surface area contributed by atoms with Crippen LogP contribution in [-0.2, 0) is 9.84 Å². The Labute approximate surface area is 113 Å². The fourth-order valence-electron chi connectivity index (χ4n) is 2.42. The maximum absolute atomic E-state index is 11.9. The van der Waals surface area contributed by atoms with E-state index in [1.165, 1.54) is 26.5 Å². The van der Waals surface area contributed by atoms with E-state index in [4.69, 9.17) is 9.47 Å². The van der Waals surface area contributed by atoms with Crippen molar-refractivity contribution in [3.05, 3.63) is 17.7 Å². The van der Waals surface area contributed by atoms with Crippen molar-refractivity contribution >= 4 is 9.84 Å². The molecule has 1 unspecified atom stereocenters. The average molecular weight is 285 g/mol. The van der Waals surface area contributed by atoms with Crippen LogP contribution in [0.15, 0.2) is 17.0 Å². The summed E-state index contributed by atoms with van der Waals surface area (Å²) in [4.78, 5) is 0.179. The molecule has 5 nitrogen and oxygen atoms in total. The van der Waals surface area contributed by atoms with Crippen LogP contribution >= 0.6 is 0 Å². The average Bonchev–Trinajstić information content (AvgIpc) is 2.89. The second-order valence-electron chi connectivity index (χ2n) is 4.67. The third-order valence-corrected chi connectivity index (χ3v) is 4.43. The summed E-state index contributed by atoms with van der Waals surface area (Å²) in [5, 5.41) is 3.35. The first kappa shape index (κ1) is 14.1. The van der Waals surface area contributed by atoms with Gasteiger partial charge in [0.2, 0.25) is 0 Å². The van der Waals surface area contributed by atoms with Gasteiger partial charge in [0, 0.05) is 23.9 Å². The molecular formula is C13H19NO4S. The number of hydrogen-bond acceptors (Lipinski definition) is 5. The molecule has 0 aliphatic carbocycles. The quantitative estimate of drug-likeness (QED) is 0.909. The van der Waals surface area contributed by atoms with Gasteiger partial charge in [-0.15, -0.1) is 0 Å². The standard InChI is InChI=1S/C13H19NO4S/c1-17-9-7-10(11-5-4-6-14-11)13(18-2)12(8-9)19(3,15)16/h7-8,11,14H,4-6H2,1-3H3. The Kier molecular flexibility index (Phi) is 4.01. The largest absolute Gasteiger partial charge is 0.497 e. The van der Waals surface area contributed by atoms with Gasteiger partial charge in [-0.3, -0.25) is 0 Å². The van der Waals surface area contributed by atoms with Crippen molar-refractivity contribution in [3.8, 4) is 11.5 Å².